The van der Waals surface area contributed by atoms with E-state index in [1.807, 2.05) is 13.8 Å². The molecule has 2 unspecified atom stereocenters. The van der Waals surface area contributed by atoms with Crippen molar-refractivity contribution in [3.05, 3.63) is 0 Å². The lowest BCUT2D eigenvalue weighted by atomic mass is 9.80. The van der Waals surface area contributed by atoms with Gasteiger partial charge in [0, 0.05) is 18.8 Å². The smallest absolute Gasteiger partial charge is 0.339 e. The lowest BCUT2D eigenvalue weighted by Gasteiger charge is -2.38. The Morgan fingerprint density at radius 1 is 1.32 bits per heavy atom. The minimum atomic E-state index is -4.19. The van der Waals surface area contributed by atoms with Crippen LogP contribution >= 0.6 is 11.6 Å². The van der Waals surface area contributed by atoms with Crippen LogP contribution in [-0.4, -0.2) is 35.4 Å². The zero-order valence-corrected chi connectivity index (χ0v) is 12.3. The third-order valence-electron chi connectivity index (χ3n) is 4.05. The van der Waals surface area contributed by atoms with Gasteiger partial charge in [0.15, 0.2) is 0 Å². The van der Waals surface area contributed by atoms with Crippen molar-refractivity contribution >= 4 is 17.5 Å². The van der Waals surface area contributed by atoms with E-state index in [0.29, 0.717) is 12.8 Å². The van der Waals surface area contributed by atoms with Crippen LogP contribution in [0.25, 0.3) is 0 Å². The van der Waals surface area contributed by atoms with Crippen LogP contribution in [0, 0.1) is 11.8 Å². The average Bonchev–Trinajstić information content (AvgIpc) is 2.36. The molecule has 0 spiro atoms. The molecule has 0 heterocycles. The number of carbonyl (C=O) groups is 1. The van der Waals surface area contributed by atoms with Gasteiger partial charge in [-0.25, -0.2) is 0 Å². The van der Waals surface area contributed by atoms with Crippen molar-refractivity contribution in [2.75, 3.05) is 12.9 Å². The quantitative estimate of drug-likeness (QED) is 0.725. The van der Waals surface area contributed by atoms with E-state index in [0.717, 1.165) is 0 Å². The fraction of sp³-hybridized carbons (Fsp3) is 0.923. The number of nitrogens with zero attached hydrogens (tertiary/aromatic N) is 1. The second-order valence-corrected chi connectivity index (χ2v) is 6.21. The van der Waals surface area contributed by atoms with Crippen LogP contribution in [0.15, 0.2) is 0 Å². The van der Waals surface area contributed by atoms with E-state index in [2.05, 4.69) is 0 Å². The maximum absolute atomic E-state index is 12.7. The molecule has 2 atom stereocenters. The van der Waals surface area contributed by atoms with Gasteiger partial charge in [0.2, 0.25) is 5.91 Å². The summed E-state index contributed by atoms with van der Waals surface area (Å²) in [4.78, 5) is 13.8. The van der Waals surface area contributed by atoms with Gasteiger partial charge in [-0.2, -0.15) is 13.2 Å². The number of hydrogen-bond donors (Lipinski definition) is 0. The Kier molecular flexibility index (Phi) is 5.15. The highest BCUT2D eigenvalue weighted by atomic mass is 35.5. The normalized spacial score (nSPS) is 25.2. The molecule has 2 nitrogen and oxygen atoms in total. The van der Waals surface area contributed by atoms with E-state index in [9.17, 15) is 18.0 Å². The molecule has 6 heteroatoms. The lowest BCUT2D eigenvalue weighted by Crippen LogP contribution is -2.49. The molecule has 0 aromatic carbocycles. The molecule has 0 aliphatic heterocycles. The van der Waals surface area contributed by atoms with Gasteiger partial charge in [0.25, 0.3) is 0 Å². The molecule has 0 aromatic heterocycles. The van der Waals surface area contributed by atoms with Gasteiger partial charge in [0.1, 0.15) is 0 Å². The number of rotatable bonds is 3. The SMILES string of the molecule is CN(C(=O)C1CCCC(C(F)(F)F)C1)C(C)(C)CCl. The first-order valence-electron chi connectivity index (χ1n) is 6.50. The zero-order chi connectivity index (χ0) is 14.8. The predicted octanol–water partition coefficient (Wildman–Crippen LogP) is 3.83. The summed E-state index contributed by atoms with van der Waals surface area (Å²) >= 11 is 5.80. The Hall–Kier alpha value is -0.450. The van der Waals surface area contributed by atoms with Gasteiger partial charge in [-0.15, -0.1) is 11.6 Å². The molecule has 0 aromatic rings. The third kappa shape index (κ3) is 4.01. The lowest BCUT2D eigenvalue weighted by molar-refractivity contribution is -0.187. The van der Waals surface area contributed by atoms with Crippen LogP contribution in [0.5, 0.6) is 0 Å². The summed E-state index contributed by atoms with van der Waals surface area (Å²) in [5, 5.41) is 0. The second kappa shape index (κ2) is 5.90. The Bertz CT molecular complexity index is 330. The molecule has 0 saturated heterocycles. The van der Waals surface area contributed by atoms with Crippen molar-refractivity contribution in [1.82, 2.24) is 4.90 Å². The highest BCUT2D eigenvalue weighted by Crippen LogP contribution is 2.40. The molecule has 1 rings (SSSR count). The summed E-state index contributed by atoms with van der Waals surface area (Å²) in [5.74, 6) is -1.85. The molecule has 0 bridgehead atoms. The van der Waals surface area contributed by atoms with Gasteiger partial charge < -0.3 is 4.90 Å². The van der Waals surface area contributed by atoms with E-state index < -0.39 is 23.6 Å². The summed E-state index contributed by atoms with van der Waals surface area (Å²) in [6.45, 7) is 3.62. The van der Waals surface area contributed by atoms with E-state index >= 15 is 0 Å². The standard InChI is InChI=1S/C13H21ClF3NO/c1-12(2,8-14)18(3)11(19)9-5-4-6-10(7-9)13(15,16)17/h9-10H,4-8H2,1-3H3. The molecular weight excluding hydrogens is 279 g/mol. The van der Waals surface area contributed by atoms with Crippen molar-refractivity contribution in [1.29, 1.82) is 0 Å². The fourth-order valence-electron chi connectivity index (χ4n) is 2.37. The zero-order valence-electron chi connectivity index (χ0n) is 11.6. The maximum atomic E-state index is 12.7. The Balaban J connectivity index is 2.72. The Morgan fingerprint density at radius 2 is 1.89 bits per heavy atom. The third-order valence-corrected chi connectivity index (χ3v) is 4.71. The summed E-state index contributed by atoms with van der Waals surface area (Å²) in [5.41, 5.74) is -0.538. The number of alkyl halides is 4. The molecule has 0 N–H and O–H groups in total. The van der Waals surface area contributed by atoms with Crippen LogP contribution in [0.2, 0.25) is 0 Å². The van der Waals surface area contributed by atoms with Crippen molar-refractivity contribution < 1.29 is 18.0 Å². The van der Waals surface area contributed by atoms with Gasteiger partial charge in [-0.05, 0) is 33.1 Å². The molecule has 1 amide bonds. The van der Waals surface area contributed by atoms with Crippen LogP contribution < -0.4 is 0 Å². The molecule has 1 aliphatic carbocycles. The fourth-order valence-corrected chi connectivity index (χ4v) is 2.55. The van der Waals surface area contributed by atoms with Crippen LogP contribution in [0.3, 0.4) is 0 Å². The minimum absolute atomic E-state index is 0.0922. The monoisotopic (exact) mass is 299 g/mol. The van der Waals surface area contributed by atoms with Crippen LogP contribution in [0.1, 0.15) is 39.5 Å². The molecule has 1 fully saturated rings. The average molecular weight is 300 g/mol. The topological polar surface area (TPSA) is 20.3 Å². The Morgan fingerprint density at radius 3 is 2.37 bits per heavy atom. The van der Waals surface area contributed by atoms with Gasteiger partial charge >= 0.3 is 6.18 Å². The molecule has 1 saturated carbocycles. The second-order valence-electron chi connectivity index (χ2n) is 5.95. The first kappa shape index (κ1) is 16.6. The maximum Gasteiger partial charge on any atom is 0.391 e. The van der Waals surface area contributed by atoms with Crippen molar-refractivity contribution in [3.63, 3.8) is 0 Å². The molecule has 0 radical (unpaired) electrons. The minimum Gasteiger partial charge on any atom is -0.339 e. The van der Waals surface area contributed by atoms with E-state index in [1.54, 1.807) is 7.05 Å². The number of carbonyl (C=O) groups excluding carboxylic acids is 1. The van der Waals surface area contributed by atoms with Gasteiger partial charge in [-0.1, -0.05) is 6.42 Å². The van der Waals surface area contributed by atoms with Crippen molar-refractivity contribution in [2.45, 2.75) is 51.2 Å². The number of hydrogen-bond acceptors (Lipinski definition) is 1. The summed E-state index contributed by atoms with van der Waals surface area (Å²) in [6, 6.07) is 0. The van der Waals surface area contributed by atoms with Crippen molar-refractivity contribution in [3.8, 4) is 0 Å². The molecule has 19 heavy (non-hydrogen) atoms. The van der Waals surface area contributed by atoms with Crippen molar-refractivity contribution in [2.24, 2.45) is 11.8 Å². The summed E-state index contributed by atoms with van der Waals surface area (Å²) < 4.78 is 38.2. The summed E-state index contributed by atoms with van der Waals surface area (Å²) in [7, 11) is 1.61. The summed E-state index contributed by atoms with van der Waals surface area (Å²) in [6.07, 6.45) is -3.16. The van der Waals surface area contributed by atoms with Gasteiger partial charge in [0.05, 0.1) is 11.5 Å². The van der Waals surface area contributed by atoms with E-state index in [-0.39, 0.29) is 24.6 Å². The predicted molar refractivity (Wildman–Crippen MR) is 69.1 cm³/mol. The van der Waals surface area contributed by atoms with Gasteiger partial charge in [-0.3, -0.25) is 4.79 Å². The van der Waals surface area contributed by atoms with E-state index in [1.165, 1.54) is 4.90 Å². The highest BCUT2D eigenvalue weighted by Gasteiger charge is 2.44. The molecule has 1 aliphatic rings. The number of halogens is 4. The highest BCUT2D eigenvalue weighted by molar-refractivity contribution is 6.18. The molecule has 112 valence electrons. The van der Waals surface area contributed by atoms with Crippen LogP contribution in [-0.2, 0) is 4.79 Å². The first-order chi connectivity index (χ1) is 8.59. The first-order valence-corrected chi connectivity index (χ1v) is 7.03. The largest absolute Gasteiger partial charge is 0.391 e. The number of amides is 1. The van der Waals surface area contributed by atoms with Crippen LogP contribution in [0.4, 0.5) is 13.2 Å². The van der Waals surface area contributed by atoms with E-state index in [4.69, 9.17) is 11.6 Å². The molecular formula is C13H21ClF3NO. The Labute approximate surface area is 117 Å².